The van der Waals surface area contributed by atoms with Gasteiger partial charge >= 0.3 is 0 Å². The van der Waals surface area contributed by atoms with Gasteiger partial charge in [0.05, 0.1) is 11.1 Å². The molecule has 1 aromatic heterocycles. The molecule has 4 aromatic rings. The van der Waals surface area contributed by atoms with Gasteiger partial charge < -0.3 is 5.32 Å². The molecule has 0 fully saturated rings. The third kappa shape index (κ3) is 4.79. The number of hydrogen-bond donors (Lipinski definition) is 2. The summed E-state index contributed by atoms with van der Waals surface area (Å²) in [7, 11) is 0. The van der Waals surface area contributed by atoms with Crippen LogP contribution < -0.4 is 15.9 Å². The van der Waals surface area contributed by atoms with Crippen LogP contribution in [0.15, 0.2) is 93.2 Å². The molecule has 0 aliphatic rings. The molecular weight excluding hydrogens is 498 g/mol. The van der Waals surface area contributed by atoms with E-state index < -0.39 is 23.4 Å². The van der Waals surface area contributed by atoms with Gasteiger partial charge in [-0.05, 0) is 43.3 Å². The summed E-state index contributed by atoms with van der Waals surface area (Å²) in [4.78, 5) is 39.3. The first-order valence-corrected chi connectivity index (χ1v) is 11.2. The number of benzene rings is 3. The molecule has 2 N–H and O–H groups in total. The number of anilines is 1. The minimum absolute atomic E-state index is 0.204. The molecule has 0 radical (unpaired) electrons. The molecule has 2 amide bonds. The summed E-state index contributed by atoms with van der Waals surface area (Å²) in [5, 5.41) is 15.6. The Bertz CT molecular complexity index is 1440. The van der Waals surface area contributed by atoms with E-state index in [1.807, 2.05) is 6.07 Å². The lowest BCUT2D eigenvalue weighted by Gasteiger charge is -2.24. The van der Waals surface area contributed by atoms with Crippen LogP contribution in [-0.4, -0.2) is 28.2 Å². The van der Waals surface area contributed by atoms with Crippen molar-refractivity contribution in [2.75, 3.05) is 5.01 Å². The number of carbonyl (C=O) groups is 2. The van der Waals surface area contributed by atoms with Crippen LogP contribution in [0.4, 0.5) is 5.69 Å². The molecule has 0 saturated heterocycles. The van der Waals surface area contributed by atoms with Gasteiger partial charge in [-0.25, -0.2) is 5.10 Å². The van der Waals surface area contributed by atoms with Crippen molar-refractivity contribution in [1.82, 2.24) is 15.5 Å². The Morgan fingerprint density at radius 2 is 1.74 bits per heavy atom. The number of carbonyl (C=O) groups excluding carboxylic acids is 2. The first-order chi connectivity index (χ1) is 16.5. The average molecular weight is 518 g/mol. The summed E-state index contributed by atoms with van der Waals surface area (Å²) in [6.07, 6.45) is 1.48. The molecule has 0 spiro atoms. The Morgan fingerprint density at radius 3 is 2.44 bits per heavy atom. The Labute approximate surface area is 203 Å². The third-order valence-electron chi connectivity index (χ3n) is 5.05. The lowest BCUT2D eigenvalue weighted by molar-refractivity contribution is -0.120. The van der Waals surface area contributed by atoms with Crippen LogP contribution in [0.2, 0.25) is 0 Å². The standard InChI is InChI=1S/C25H20BrN5O3/c1-2-27-31(18-12-8-11-17(26)15-18)25(34)22(28-23(32)16-9-4-3-5-10-16)21-19-13-6-7-14-20(19)24(33)30-29-21/h2-15,22H,1H3,(H,28,32)(H,30,33)/b27-2+. The van der Waals surface area contributed by atoms with Gasteiger partial charge in [-0.15, -0.1) is 0 Å². The van der Waals surface area contributed by atoms with E-state index in [1.54, 1.807) is 79.7 Å². The molecule has 1 atom stereocenters. The molecule has 0 aliphatic carbocycles. The molecule has 0 aliphatic heterocycles. The van der Waals surface area contributed by atoms with E-state index in [4.69, 9.17) is 0 Å². The van der Waals surface area contributed by atoms with Crippen molar-refractivity contribution < 1.29 is 9.59 Å². The number of hydrogen-bond acceptors (Lipinski definition) is 5. The Kier molecular flexibility index (Phi) is 6.93. The highest BCUT2D eigenvalue weighted by atomic mass is 79.9. The maximum absolute atomic E-state index is 13.9. The van der Waals surface area contributed by atoms with Crippen molar-refractivity contribution in [3.63, 3.8) is 0 Å². The van der Waals surface area contributed by atoms with Crippen LogP contribution in [-0.2, 0) is 4.79 Å². The first-order valence-electron chi connectivity index (χ1n) is 10.4. The third-order valence-corrected chi connectivity index (χ3v) is 5.54. The van der Waals surface area contributed by atoms with Gasteiger partial charge in [-0.3, -0.25) is 14.4 Å². The Hall–Kier alpha value is -4.11. The van der Waals surface area contributed by atoms with Gasteiger partial charge in [0.2, 0.25) is 0 Å². The normalized spacial score (nSPS) is 11.9. The predicted molar refractivity (Wildman–Crippen MR) is 135 cm³/mol. The van der Waals surface area contributed by atoms with Crippen molar-refractivity contribution in [2.24, 2.45) is 5.10 Å². The highest BCUT2D eigenvalue weighted by Crippen LogP contribution is 2.27. The van der Waals surface area contributed by atoms with Gasteiger partial charge in [-0.1, -0.05) is 58.4 Å². The number of halogens is 1. The zero-order chi connectivity index (χ0) is 24.1. The smallest absolute Gasteiger partial charge is 0.276 e. The fourth-order valence-electron chi connectivity index (χ4n) is 3.50. The van der Waals surface area contributed by atoms with Gasteiger partial charge in [0.1, 0.15) is 5.69 Å². The van der Waals surface area contributed by atoms with E-state index in [-0.39, 0.29) is 5.69 Å². The fraction of sp³-hybridized carbons (Fsp3) is 0.0800. The Morgan fingerprint density at radius 1 is 1.03 bits per heavy atom. The highest BCUT2D eigenvalue weighted by molar-refractivity contribution is 9.10. The first kappa shape index (κ1) is 23.1. The number of hydrazone groups is 1. The van der Waals surface area contributed by atoms with Crippen LogP contribution in [0.1, 0.15) is 29.0 Å². The quantitative estimate of drug-likeness (QED) is 0.295. The van der Waals surface area contributed by atoms with Gasteiger partial charge in [-0.2, -0.15) is 15.2 Å². The second-order valence-corrected chi connectivity index (χ2v) is 8.18. The summed E-state index contributed by atoms with van der Waals surface area (Å²) < 4.78 is 0.756. The number of nitrogens with one attached hydrogen (secondary N) is 2. The minimum atomic E-state index is -1.24. The van der Waals surface area contributed by atoms with Crippen LogP contribution in [0.3, 0.4) is 0 Å². The van der Waals surface area contributed by atoms with Crippen molar-refractivity contribution >= 4 is 50.4 Å². The summed E-state index contributed by atoms with van der Waals surface area (Å²) in [5.41, 5.74) is 0.679. The predicted octanol–water partition coefficient (Wildman–Crippen LogP) is 4.20. The maximum atomic E-state index is 13.9. The molecule has 1 heterocycles. The molecule has 8 nitrogen and oxygen atoms in total. The van der Waals surface area contributed by atoms with Crippen molar-refractivity contribution in [3.05, 3.63) is 105 Å². The number of rotatable bonds is 6. The van der Waals surface area contributed by atoms with E-state index in [0.29, 0.717) is 22.0 Å². The molecule has 3 aromatic carbocycles. The largest absolute Gasteiger partial charge is 0.335 e. The molecule has 170 valence electrons. The van der Waals surface area contributed by atoms with Crippen LogP contribution >= 0.6 is 15.9 Å². The van der Waals surface area contributed by atoms with Gasteiger partial charge in [0.15, 0.2) is 6.04 Å². The number of fused-ring (bicyclic) bond motifs is 1. The summed E-state index contributed by atoms with van der Waals surface area (Å²) in [5.74, 6) is -1.02. The number of nitrogens with zero attached hydrogens (tertiary/aromatic N) is 3. The molecular formula is C25H20BrN5O3. The van der Waals surface area contributed by atoms with Crippen molar-refractivity contribution in [3.8, 4) is 0 Å². The van der Waals surface area contributed by atoms with Crippen molar-refractivity contribution in [2.45, 2.75) is 13.0 Å². The van der Waals surface area contributed by atoms with Crippen LogP contribution in [0, 0.1) is 0 Å². The van der Waals surface area contributed by atoms with Crippen LogP contribution in [0.25, 0.3) is 10.8 Å². The fourth-order valence-corrected chi connectivity index (χ4v) is 3.89. The molecule has 0 bridgehead atoms. The van der Waals surface area contributed by atoms with Crippen molar-refractivity contribution in [1.29, 1.82) is 0 Å². The lowest BCUT2D eigenvalue weighted by atomic mass is 10.0. The number of aromatic nitrogens is 2. The molecule has 0 saturated carbocycles. The van der Waals surface area contributed by atoms with E-state index in [9.17, 15) is 14.4 Å². The molecule has 34 heavy (non-hydrogen) atoms. The van der Waals surface area contributed by atoms with E-state index in [0.717, 1.165) is 4.47 Å². The number of aromatic amines is 1. The zero-order valence-electron chi connectivity index (χ0n) is 18.1. The summed E-state index contributed by atoms with van der Waals surface area (Å²) in [6.45, 7) is 1.68. The summed E-state index contributed by atoms with van der Waals surface area (Å²) in [6, 6.07) is 21.1. The molecule has 4 rings (SSSR count). The Balaban J connectivity index is 1.85. The SMILES string of the molecule is C/C=N/N(C(=O)C(NC(=O)c1ccccc1)c1n[nH]c(=O)c2ccccc12)c1cccc(Br)c1. The molecule has 1 unspecified atom stereocenters. The van der Waals surface area contributed by atoms with Crippen LogP contribution in [0.5, 0.6) is 0 Å². The molecule has 9 heteroatoms. The highest BCUT2D eigenvalue weighted by Gasteiger charge is 2.32. The number of H-pyrrole nitrogens is 1. The second-order valence-electron chi connectivity index (χ2n) is 7.26. The van der Waals surface area contributed by atoms with Gasteiger partial charge in [0.25, 0.3) is 17.4 Å². The lowest BCUT2D eigenvalue weighted by Crippen LogP contribution is -2.42. The number of amides is 2. The summed E-state index contributed by atoms with van der Waals surface area (Å²) >= 11 is 3.41. The monoisotopic (exact) mass is 517 g/mol. The minimum Gasteiger partial charge on any atom is -0.335 e. The average Bonchev–Trinajstić information content (AvgIpc) is 2.86. The van der Waals surface area contributed by atoms with E-state index in [2.05, 4.69) is 36.5 Å². The van der Waals surface area contributed by atoms with Gasteiger partial charge in [0, 0.05) is 21.6 Å². The van der Waals surface area contributed by atoms with E-state index >= 15 is 0 Å². The maximum Gasteiger partial charge on any atom is 0.276 e. The topological polar surface area (TPSA) is 108 Å². The van der Waals surface area contributed by atoms with E-state index in [1.165, 1.54) is 11.2 Å². The second kappa shape index (κ2) is 10.2. The zero-order valence-corrected chi connectivity index (χ0v) is 19.7.